The van der Waals surface area contributed by atoms with Gasteiger partial charge in [-0.25, -0.2) is 9.37 Å². The molecular weight excluding hydrogens is 485 g/mol. The second-order valence-corrected chi connectivity index (χ2v) is 10.1. The highest BCUT2D eigenvalue weighted by atomic mass is 32.1. The van der Waals surface area contributed by atoms with Gasteiger partial charge in [0.25, 0.3) is 0 Å². The van der Waals surface area contributed by atoms with E-state index in [4.69, 9.17) is 17.0 Å². The molecule has 1 aliphatic rings. The average molecular weight is 510 g/mol. The highest BCUT2D eigenvalue weighted by Crippen LogP contribution is 2.39. The number of halogens is 1. The van der Waals surface area contributed by atoms with Crippen molar-refractivity contribution < 1.29 is 13.9 Å². The summed E-state index contributed by atoms with van der Waals surface area (Å²) in [4.78, 5) is 21.9. The SMILES string of the molecule is Cn1ccnc1-c1cc2nccc(Oc3ccc(NC(=S)NC(=O)CC4CCCC4)cc3F)c2s1. The van der Waals surface area contributed by atoms with E-state index in [2.05, 4.69) is 20.6 Å². The van der Waals surface area contributed by atoms with E-state index < -0.39 is 5.82 Å². The van der Waals surface area contributed by atoms with Crippen LogP contribution in [0.2, 0.25) is 0 Å². The number of rotatable bonds is 6. The zero-order chi connectivity index (χ0) is 24.4. The fourth-order valence-corrected chi connectivity index (χ4v) is 5.64. The van der Waals surface area contributed by atoms with E-state index in [0.29, 0.717) is 23.8 Å². The molecule has 5 rings (SSSR count). The highest BCUT2D eigenvalue weighted by molar-refractivity contribution is 7.80. The molecule has 7 nitrogen and oxygen atoms in total. The lowest BCUT2D eigenvalue weighted by molar-refractivity contribution is -0.120. The number of nitrogens with one attached hydrogen (secondary N) is 2. The molecule has 1 aromatic carbocycles. The van der Waals surface area contributed by atoms with Crippen molar-refractivity contribution in [2.75, 3.05) is 5.32 Å². The number of pyridine rings is 1. The molecule has 0 bridgehead atoms. The summed E-state index contributed by atoms with van der Waals surface area (Å²) in [6.07, 6.45) is 10.2. The minimum absolute atomic E-state index is 0.0752. The van der Waals surface area contributed by atoms with E-state index in [9.17, 15) is 9.18 Å². The maximum Gasteiger partial charge on any atom is 0.226 e. The summed E-state index contributed by atoms with van der Waals surface area (Å²) in [7, 11) is 1.93. The van der Waals surface area contributed by atoms with Gasteiger partial charge >= 0.3 is 0 Å². The van der Waals surface area contributed by atoms with Crippen LogP contribution in [0.15, 0.2) is 48.9 Å². The third kappa shape index (κ3) is 5.33. The van der Waals surface area contributed by atoms with Crippen LogP contribution in [-0.4, -0.2) is 25.6 Å². The number of hydrogen-bond donors (Lipinski definition) is 2. The van der Waals surface area contributed by atoms with Gasteiger partial charge in [-0.1, -0.05) is 12.8 Å². The Morgan fingerprint density at radius 2 is 2.03 bits per heavy atom. The fraction of sp³-hybridized carbons (Fsp3) is 0.280. The minimum Gasteiger partial charge on any atom is -0.453 e. The number of aryl methyl sites for hydroxylation is 1. The summed E-state index contributed by atoms with van der Waals surface area (Å²) in [6.45, 7) is 0. The zero-order valence-corrected chi connectivity index (χ0v) is 20.7. The predicted molar refractivity (Wildman–Crippen MR) is 139 cm³/mol. The van der Waals surface area contributed by atoms with Gasteiger partial charge in [0.15, 0.2) is 16.7 Å². The minimum atomic E-state index is -0.555. The molecule has 3 heterocycles. The van der Waals surface area contributed by atoms with Crippen molar-refractivity contribution in [3.8, 4) is 22.2 Å². The molecule has 1 fully saturated rings. The topological polar surface area (TPSA) is 81.1 Å². The van der Waals surface area contributed by atoms with E-state index >= 15 is 0 Å². The zero-order valence-electron chi connectivity index (χ0n) is 19.1. The average Bonchev–Trinajstić information content (AvgIpc) is 3.56. The summed E-state index contributed by atoms with van der Waals surface area (Å²) >= 11 is 6.71. The number of thiocarbonyl (C=S) groups is 1. The lowest BCUT2D eigenvalue weighted by atomic mass is 10.0. The highest BCUT2D eigenvalue weighted by Gasteiger charge is 2.19. The number of carbonyl (C=O) groups excluding carboxylic acids is 1. The van der Waals surface area contributed by atoms with Crippen LogP contribution < -0.4 is 15.4 Å². The van der Waals surface area contributed by atoms with Crippen LogP contribution >= 0.6 is 23.6 Å². The molecule has 2 N–H and O–H groups in total. The van der Waals surface area contributed by atoms with E-state index in [1.807, 2.05) is 23.9 Å². The largest absolute Gasteiger partial charge is 0.453 e. The summed E-state index contributed by atoms with van der Waals surface area (Å²) in [6, 6.07) is 8.12. The normalized spacial score (nSPS) is 13.8. The van der Waals surface area contributed by atoms with Gasteiger partial charge in [-0.3, -0.25) is 9.78 Å². The van der Waals surface area contributed by atoms with Crippen molar-refractivity contribution in [1.82, 2.24) is 19.9 Å². The molecule has 3 aromatic heterocycles. The molecule has 10 heteroatoms. The van der Waals surface area contributed by atoms with Gasteiger partial charge in [0.1, 0.15) is 11.6 Å². The maximum absolute atomic E-state index is 14.9. The molecule has 0 saturated heterocycles. The lowest BCUT2D eigenvalue weighted by Gasteiger charge is -2.13. The van der Waals surface area contributed by atoms with Crippen LogP contribution in [0.4, 0.5) is 10.1 Å². The van der Waals surface area contributed by atoms with Gasteiger partial charge in [-0.05, 0) is 49.2 Å². The Morgan fingerprint density at radius 1 is 1.20 bits per heavy atom. The van der Waals surface area contributed by atoms with Crippen molar-refractivity contribution in [1.29, 1.82) is 0 Å². The van der Waals surface area contributed by atoms with Crippen LogP contribution in [0.5, 0.6) is 11.5 Å². The number of ether oxygens (including phenoxy) is 1. The molecule has 0 unspecified atom stereocenters. The molecule has 35 heavy (non-hydrogen) atoms. The number of nitrogens with zero attached hydrogens (tertiary/aromatic N) is 3. The molecule has 0 atom stereocenters. The van der Waals surface area contributed by atoms with Crippen molar-refractivity contribution in [2.45, 2.75) is 32.1 Å². The van der Waals surface area contributed by atoms with Gasteiger partial charge in [0.2, 0.25) is 5.91 Å². The Labute approximate surface area is 211 Å². The van der Waals surface area contributed by atoms with Crippen LogP contribution in [0, 0.1) is 11.7 Å². The second kappa shape index (κ2) is 10.1. The predicted octanol–water partition coefficient (Wildman–Crippen LogP) is 6.02. The monoisotopic (exact) mass is 509 g/mol. The number of fused-ring (bicyclic) bond motifs is 1. The molecule has 4 aromatic rings. The van der Waals surface area contributed by atoms with Crippen LogP contribution in [-0.2, 0) is 11.8 Å². The number of aromatic nitrogens is 3. The third-order valence-electron chi connectivity index (χ3n) is 6.03. The second-order valence-electron chi connectivity index (χ2n) is 8.60. The Balaban J connectivity index is 1.27. The molecule has 0 spiro atoms. The molecule has 0 aliphatic heterocycles. The third-order valence-corrected chi connectivity index (χ3v) is 7.37. The molecule has 1 aliphatic carbocycles. The van der Waals surface area contributed by atoms with Crippen molar-refractivity contribution in [2.24, 2.45) is 13.0 Å². The fourth-order valence-electron chi connectivity index (χ4n) is 4.30. The number of imidazole rings is 1. The van der Waals surface area contributed by atoms with Gasteiger partial charge in [-0.2, -0.15) is 0 Å². The maximum atomic E-state index is 14.9. The van der Waals surface area contributed by atoms with Gasteiger partial charge in [0, 0.05) is 49.9 Å². The molecular formula is C25H24FN5O2S2. The van der Waals surface area contributed by atoms with Crippen molar-refractivity contribution in [3.05, 3.63) is 54.7 Å². The summed E-state index contributed by atoms with van der Waals surface area (Å²) < 4.78 is 23.5. The summed E-state index contributed by atoms with van der Waals surface area (Å²) in [5.74, 6) is 1.17. The Kier molecular flexibility index (Phi) is 6.74. The standard InChI is InChI=1S/C25H24FN5O2S2/c1-31-11-10-28-24(31)21-14-18-23(35-21)20(8-9-27-18)33-19-7-6-16(13-17(19)26)29-25(34)30-22(32)12-15-4-2-3-5-15/h6-11,13-15H,2-5,12H2,1H3,(H2,29,30,32,34). The van der Waals surface area contributed by atoms with E-state index in [1.165, 1.54) is 36.3 Å². The molecule has 180 valence electrons. The van der Waals surface area contributed by atoms with E-state index in [0.717, 1.165) is 33.8 Å². The van der Waals surface area contributed by atoms with Crippen LogP contribution in [0.1, 0.15) is 32.1 Å². The first-order chi connectivity index (χ1) is 17.0. The quantitative estimate of drug-likeness (QED) is 0.309. The molecule has 1 amide bonds. The smallest absolute Gasteiger partial charge is 0.226 e. The first-order valence-electron chi connectivity index (χ1n) is 11.4. The van der Waals surface area contributed by atoms with Crippen LogP contribution in [0.25, 0.3) is 20.9 Å². The van der Waals surface area contributed by atoms with E-state index in [1.54, 1.807) is 24.5 Å². The first-order valence-corrected chi connectivity index (χ1v) is 12.6. The number of benzene rings is 1. The summed E-state index contributed by atoms with van der Waals surface area (Å²) in [5.41, 5.74) is 1.18. The first kappa shape index (κ1) is 23.4. The molecule has 1 saturated carbocycles. The van der Waals surface area contributed by atoms with Crippen molar-refractivity contribution in [3.63, 3.8) is 0 Å². The number of amides is 1. The Morgan fingerprint density at radius 3 is 2.77 bits per heavy atom. The number of carbonyl (C=O) groups is 1. The number of anilines is 1. The van der Waals surface area contributed by atoms with E-state index in [-0.39, 0.29) is 16.8 Å². The van der Waals surface area contributed by atoms with Gasteiger partial charge in [-0.15, -0.1) is 11.3 Å². The Bertz CT molecular complexity index is 1390. The lowest BCUT2D eigenvalue weighted by Crippen LogP contribution is -2.34. The molecule has 0 radical (unpaired) electrons. The van der Waals surface area contributed by atoms with Gasteiger partial charge in [0.05, 0.1) is 15.1 Å². The van der Waals surface area contributed by atoms with Crippen molar-refractivity contribution >= 4 is 50.5 Å². The van der Waals surface area contributed by atoms with Crippen LogP contribution in [0.3, 0.4) is 0 Å². The number of hydrogen-bond acceptors (Lipinski definition) is 6. The van der Waals surface area contributed by atoms with Gasteiger partial charge < -0.3 is 19.9 Å². The summed E-state index contributed by atoms with van der Waals surface area (Å²) in [5, 5.41) is 5.70. The number of thiophene rings is 1. The Hall–Kier alpha value is -3.37.